The summed E-state index contributed by atoms with van der Waals surface area (Å²) in [6, 6.07) is 4.91. The predicted molar refractivity (Wildman–Crippen MR) is 94.5 cm³/mol. The summed E-state index contributed by atoms with van der Waals surface area (Å²) in [5, 5.41) is 9.75. The fourth-order valence-electron chi connectivity index (χ4n) is 2.24. The van der Waals surface area contributed by atoms with Crippen LogP contribution in [0.5, 0.6) is 0 Å². The van der Waals surface area contributed by atoms with Gasteiger partial charge in [0.1, 0.15) is 5.82 Å². The molecule has 0 amide bonds. The lowest BCUT2D eigenvalue weighted by Gasteiger charge is -2.12. The molecule has 0 unspecified atom stereocenters. The molecular formula is C17H23FN4S. The molecule has 1 aromatic heterocycles. The van der Waals surface area contributed by atoms with Gasteiger partial charge in [-0.3, -0.25) is 4.99 Å². The molecule has 0 spiro atoms. The topological polar surface area (TPSA) is 49.3 Å². The van der Waals surface area contributed by atoms with Gasteiger partial charge < -0.3 is 10.6 Å². The Morgan fingerprint density at radius 1 is 1.35 bits per heavy atom. The molecule has 0 saturated carbocycles. The zero-order valence-corrected chi connectivity index (χ0v) is 14.6. The van der Waals surface area contributed by atoms with E-state index in [1.165, 1.54) is 6.07 Å². The average Bonchev–Trinajstić information content (AvgIpc) is 3.00. The van der Waals surface area contributed by atoms with Gasteiger partial charge in [0.2, 0.25) is 0 Å². The Kier molecular flexibility index (Phi) is 6.52. The van der Waals surface area contributed by atoms with Gasteiger partial charge in [0, 0.05) is 19.0 Å². The van der Waals surface area contributed by atoms with Crippen LogP contribution in [0, 0.1) is 12.7 Å². The van der Waals surface area contributed by atoms with Gasteiger partial charge in [-0.05, 0) is 43.0 Å². The van der Waals surface area contributed by atoms with Crippen molar-refractivity contribution in [1.29, 1.82) is 0 Å². The summed E-state index contributed by atoms with van der Waals surface area (Å²) < 4.78 is 13.1. The summed E-state index contributed by atoms with van der Waals surface area (Å²) in [5.41, 5.74) is 3.15. The third kappa shape index (κ3) is 5.32. The minimum Gasteiger partial charge on any atom is -0.356 e. The van der Waals surface area contributed by atoms with E-state index in [1.54, 1.807) is 24.5 Å². The Balaban J connectivity index is 1.78. The van der Waals surface area contributed by atoms with Gasteiger partial charge in [-0.1, -0.05) is 13.0 Å². The number of rotatable bonds is 6. The number of hydrogen-bond acceptors (Lipinski definition) is 3. The van der Waals surface area contributed by atoms with Gasteiger partial charge in [0.15, 0.2) is 5.96 Å². The third-order valence-electron chi connectivity index (χ3n) is 3.55. The molecule has 124 valence electrons. The van der Waals surface area contributed by atoms with Crippen LogP contribution in [0.25, 0.3) is 0 Å². The van der Waals surface area contributed by atoms with Crippen LogP contribution in [-0.4, -0.2) is 24.5 Å². The highest BCUT2D eigenvalue weighted by molar-refractivity contribution is 7.09. The lowest BCUT2D eigenvalue weighted by atomic mass is 10.1. The van der Waals surface area contributed by atoms with Crippen LogP contribution in [0.4, 0.5) is 4.39 Å². The Labute approximate surface area is 140 Å². The van der Waals surface area contributed by atoms with E-state index in [0.29, 0.717) is 6.54 Å². The lowest BCUT2D eigenvalue weighted by molar-refractivity contribution is 0.625. The average molecular weight is 334 g/mol. The second kappa shape index (κ2) is 8.62. The van der Waals surface area contributed by atoms with Crippen LogP contribution in [0.3, 0.4) is 0 Å². The standard InChI is InChI=1S/C17H23FN4S/c1-4-16-22-15(11-23-16)10-21-17(19-3)20-8-7-13-5-6-14(18)9-12(13)2/h5-6,9,11H,4,7-8,10H2,1-3H3,(H2,19,20,21). The van der Waals surface area contributed by atoms with Crippen LogP contribution in [0.2, 0.25) is 0 Å². The quantitative estimate of drug-likeness (QED) is 0.630. The minimum atomic E-state index is -0.189. The van der Waals surface area contributed by atoms with E-state index >= 15 is 0 Å². The Hall–Kier alpha value is -1.95. The maximum Gasteiger partial charge on any atom is 0.191 e. The first-order valence-electron chi connectivity index (χ1n) is 7.75. The zero-order valence-electron chi connectivity index (χ0n) is 13.8. The molecule has 2 aromatic rings. The van der Waals surface area contributed by atoms with Crippen molar-refractivity contribution in [2.75, 3.05) is 13.6 Å². The number of halogens is 1. The lowest BCUT2D eigenvalue weighted by Crippen LogP contribution is -2.38. The summed E-state index contributed by atoms with van der Waals surface area (Å²) in [6.07, 6.45) is 1.79. The molecule has 0 fully saturated rings. The van der Waals surface area contributed by atoms with Gasteiger partial charge in [-0.25, -0.2) is 9.37 Å². The Morgan fingerprint density at radius 2 is 2.17 bits per heavy atom. The molecule has 0 atom stereocenters. The molecule has 6 heteroatoms. The van der Waals surface area contributed by atoms with Crippen LogP contribution < -0.4 is 10.6 Å². The van der Waals surface area contributed by atoms with Gasteiger partial charge in [-0.2, -0.15) is 0 Å². The summed E-state index contributed by atoms with van der Waals surface area (Å²) >= 11 is 1.68. The van der Waals surface area contributed by atoms with Crippen LogP contribution in [-0.2, 0) is 19.4 Å². The van der Waals surface area contributed by atoms with Crippen LogP contribution >= 0.6 is 11.3 Å². The molecule has 23 heavy (non-hydrogen) atoms. The molecule has 0 bridgehead atoms. The molecule has 2 N–H and O–H groups in total. The van der Waals surface area contributed by atoms with Gasteiger partial charge in [-0.15, -0.1) is 11.3 Å². The molecule has 2 rings (SSSR count). The molecule has 0 radical (unpaired) electrons. The number of thiazole rings is 1. The zero-order chi connectivity index (χ0) is 16.7. The van der Waals surface area contributed by atoms with Gasteiger partial charge >= 0.3 is 0 Å². The van der Waals surface area contributed by atoms with Gasteiger partial charge in [0.05, 0.1) is 17.2 Å². The van der Waals surface area contributed by atoms with E-state index in [-0.39, 0.29) is 5.82 Å². The number of guanidine groups is 1. The van der Waals surface area contributed by atoms with Crippen molar-refractivity contribution >= 4 is 17.3 Å². The largest absolute Gasteiger partial charge is 0.356 e. The number of aromatic nitrogens is 1. The molecular weight excluding hydrogens is 311 g/mol. The normalized spacial score (nSPS) is 11.6. The van der Waals surface area contributed by atoms with Crippen molar-refractivity contribution in [3.05, 3.63) is 51.2 Å². The summed E-state index contributed by atoms with van der Waals surface area (Å²) in [5.74, 6) is 0.558. The van der Waals surface area contributed by atoms with Crippen molar-refractivity contribution in [3.63, 3.8) is 0 Å². The SMILES string of the molecule is CCc1nc(CNC(=NC)NCCc2ccc(F)cc2C)cs1. The van der Waals surface area contributed by atoms with Crippen molar-refractivity contribution in [2.45, 2.75) is 33.2 Å². The molecule has 0 aliphatic heterocycles. The summed E-state index contributed by atoms with van der Waals surface area (Å²) in [7, 11) is 1.75. The van der Waals surface area contributed by atoms with E-state index in [0.717, 1.165) is 47.2 Å². The maximum atomic E-state index is 13.1. The molecule has 1 heterocycles. The van der Waals surface area contributed by atoms with Crippen molar-refractivity contribution in [3.8, 4) is 0 Å². The van der Waals surface area contributed by atoms with E-state index in [4.69, 9.17) is 0 Å². The molecule has 4 nitrogen and oxygen atoms in total. The van der Waals surface area contributed by atoms with Crippen molar-refractivity contribution in [1.82, 2.24) is 15.6 Å². The first-order chi connectivity index (χ1) is 11.1. The highest BCUT2D eigenvalue weighted by Gasteiger charge is 2.04. The van der Waals surface area contributed by atoms with E-state index < -0.39 is 0 Å². The fraction of sp³-hybridized carbons (Fsp3) is 0.412. The highest BCUT2D eigenvalue weighted by atomic mass is 32.1. The highest BCUT2D eigenvalue weighted by Crippen LogP contribution is 2.11. The second-order valence-corrected chi connectivity index (χ2v) is 6.20. The minimum absolute atomic E-state index is 0.189. The molecule has 1 aromatic carbocycles. The number of nitrogens with zero attached hydrogens (tertiary/aromatic N) is 2. The first-order valence-corrected chi connectivity index (χ1v) is 8.63. The van der Waals surface area contributed by atoms with E-state index in [9.17, 15) is 4.39 Å². The maximum absolute atomic E-state index is 13.1. The molecule has 0 saturated heterocycles. The third-order valence-corrected chi connectivity index (χ3v) is 4.60. The Bertz CT molecular complexity index is 666. The number of aliphatic imine (C=N–C) groups is 1. The number of hydrogen-bond donors (Lipinski definition) is 2. The predicted octanol–water partition coefficient (Wildman–Crippen LogP) is 3.06. The Morgan fingerprint density at radius 3 is 2.83 bits per heavy atom. The first kappa shape index (κ1) is 17.4. The van der Waals surface area contributed by atoms with Gasteiger partial charge in [0.25, 0.3) is 0 Å². The van der Waals surface area contributed by atoms with Crippen LogP contribution in [0.15, 0.2) is 28.6 Å². The van der Waals surface area contributed by atoms with Crippen molar-refractivity contribution < 1.29 is 4.39 Å². The summed E-state index contributed by atoms with van der Waals surface area (Å²) in [6.45, 7) is 5.43. The number of benzene rings is 1. The molecule has 0 aliphatic carbocycles. The van der Waals surface area contributed by atoms with Crippen molar-refractivity contribution in [2.24, 2.45) is 4.99 Å². The monoisotopic (exact) mass is 334 g/mol. The van der Waals surface area contributed by atoms with Crippen LogP contribution in [0.1, 0.15) is 28.8 Å². The fourth-order valence-corrected chi connectivity index (χ4v) is 2.99. The second-order valence-electron chi connectivity index (χ2n) is 5.26. The van der Waals surface area contributed by atoms with E-state index in [2.05, 4.69) is 32.9 Å². The molecule has 0 aliphatic rings. The smallest absolute Gasteiger partial charge is 0.191 e. The summed E-state index contributed by atoms with van der Waals surface area (Å²) in [4.78, 5) is 8.73. The number of aryl methyl sites for hydroxylation is 2. The number of nitrogens with one attached hydrogen (secondary N) is 2. The van der Waals surface area contributed by atoms with E-state index in [1.807, 2.05) is 13.0 Å².